The van der Waals surface area contributed by atoms with Crippen LogP contribution in [-0.2, 0) is 19.0 Å². The van der Waals surface area contributed by atoms with Crippen molar-refractivity contribution in [3.63, 3.8) is 0 Å². The highest BCUT2D eigenvalue weighted by Crippen LogP contribution is 2.38. The van der Waals surface area contributed by atoms with Crippen LogP contribution in [0.15, 0.2) is 36.4 Å². The van der Waals surface area contributed by atoms with Crippen molar-refractivity contribution in [3.05, 3.63) is 42.0 Å². The molecule has 1 atom stereocenters. The maximum atomic E-state index is 12.1. The summed E-state index contributed by atoms with van der Waals surface area (Å²) < 4.78 is 17.3. The third-order valence-electron chi connectivity index (χ3n) is 9.80. The van der Waals surface area contributed by atoms with Gasteiger partial charge in [-0.3, -0.25) is 0 Å². The van der Waals surface area contributed by atoms with Crippen molar-refractivity contribution < 1.29 is 19.0 Å². The van der Waals surface area contributed by atoms with E-state index >= 15 is 0 Å². The number of unbranched alkanes of at least 4 members (excludes halogenated alkanes) is 2. The van der Waals surface area contributed by atoms with Crippen molar-refractivity contribution in [2.24, 2.45) is 17.3 Å². The fourth-order valence-corrected chi connectivity index (χ4v) is 9.29. The summed E-state index contributed by atoms with van der Waals surface area (Å²) in [5.41, 5.74) is 2.19. The Hall–Kier alpha value is -1.43. The third-order valence-corrected chi connectivity index (χ3v) is 13.3. The Kier molecular flexibility index (Phi) is 14.1. The molecule has 1 unspecified atom stereocenters. The van der Waals surface area contributed by atoms with E-state index in [-0.39, 0.29) is 17.3 Å². The van der Waals surface area contributed by atoms with Crippen molar-refractivity contribution >= 4 is 19.2 Å². The average Bonchev–Trinajstić information content (AvgIpc) is 2.94. The molecule has 1 aromatic rings. The Morgan fingerprint density at radius 3 is 2.32 bits per heavy atom. The van der Waals surface area contributed by atoms with Crippen LogP contribution in [0.1, 0.15) is 109 Å². The molecule has 4 nitrogen and oxygen atoms in total. The first-order chi connectivity index (χ1) is 19.7. The van der Waals surface area contributed by atoms with Gasteiger partial charge in [-0.1, -0.05) is 108 Å². The molecule has 0 aromatic heterocycles. The van der Waals surface area contributed by atoms with Crippen LogP contribution in [-0.4, -0.2) is 47.1 Å². The van der Waals surface area contributed by atoms with Crippen LogP contribution in [0, 0.1) is 17.3 Å². The second-order valence-electron chi connectivity index (χ2n) is 14.1. The molecule has 0 radical (unpaired) electrons. The monoisotopic (exact) mass is 584 g/mol. The normalized spacial score (nSPS) is 21.2. The number of carbonyl (C=O) groups excluding carboxylic acids is 1. The van der Waals surface area contributed by atoms with Gasteiger partial charge in [-0.2, -0.15) is 0 Å². The van der Waals surface area contributed by atoms with Crippen LogP contribution in [0.4, 0.5) is 0 Å². The molecule has 0 N–H and O–H groups in total. The number of esters is 1. The SMILES string of the molecule is C=C(C)C(=O)OCC(CCC[Si](C)(C)c1ccc(C2CCC(CCCCC)CC2)cc1)COCC1(CCC)COC1. The summed E-state index contributed by atoms with van der Waals surface area (Å²) in [7, 11) is -1.56. The molecule has 1 saturated heterocycles. The number of carbonyl (C=O) groups is 1. The summed E-state index contributed by atoms with van der Waals surface area (Å²) >= 11 is 0. The first-order valence-corrected chi connectivity index (χ1v) is 20.0. The average molecular weight is 585 g/mol. The molecule has 1 saturated carbocycles. The summed E-state index contributed by atoms with van der Waals surface area (Å²) in [5, 5.41) is 1.56. The molecule has 0 bridgehead atoms. The van der Waals surface area contributed by atoms with Gasteiger partial charge in [0.2, 0.25) is 0 Å². The van der Waals surface area contributed by atoms with E-state index in [0.29, 0.717) is 18.8 Å². The zero-order valence-electron chi connectivity index (χ0n) is 27.1. The number of hydrogen-bond donors (Lipinski definition) is 0. The molecule has 3 rings (SSSR count). The van der Waals surface area contributed by atoms with Crippen LogP contribution in [0.3, 0.4) is 0 Å². The smallest absolute Gasteiger partial charge is 0.333 e. The van der Waals surface area contributed by atoms with Crippen LogP contribution >= 0.6 is 0 Å². The topological polar surface area (TPSA) is 44.8 Å². The Balaban J connectivity index is 1.47. The van der Waals surface area contributed by atoms with Crippen molar-refractivity contribution in [2.75, 3.05) is 33.0 Å². The fraction of sp³-hybridized carbons (Fsp3) is 0.750. The number of hydrogen-bond acceptors (Lipinski definition) is 4. The number of rotatable bonds is 19. The lowest BCUT2D eigenvalue weighted by Crippen LogP contribution is -2.46. The molecular formula is C36H60O4Si. The van der Waals surface area contributed by atoms with Crippen molar-refractivity contribution in [1.29, 1.82) is 0 Å². The summed E-state index contributed by atoms with van der Waals surface area (Å²) in [4.78, 5) is 12.1. The predicted molar refractivity (Wildman–Crippen MR) is 175 cm³/mol. The van der Waals surface area contributed by atoms with E-state index in [1.807, 2.05) is 0 Å². The van der Waals surface area contributed by atoms with Gasteiger partial charge >= 0.3 is 5.97 Å². The van der Waals surface area contributed by atoms with Crippen molar-refractivity contribution in [2.45, 2.75) is 123 Å². The molecule has 1 aliphatic carbocycles. The van der Waals surface area contributed by atoms with Gasteiger partial charge in [0, 0.05) is 16.9 Å². The number of benzene rings is 1. The highest BCUT2D eigenvalue weighted by molar-refractivity contribution is 6.89. The van der Waals surface area contributed by atoms with E-state index in [2.05, 4.69) is 57.8 Å². The molecule has 5 heteroatoms. The molecular weight excluding hydrogens is 524 g/mol. The van der Waals surface area contributed by atoms with Crippen molar-refractivity contribution in [3.8, 4) is 0 Å². The summed E-state index contributed by atoms with van der Waals surface area (Å²) in [6, 6.07) is 11.0. The zero-order chi connectivity index (χ0) is 29.7. The Morgan fingerprint density at radius 1 is 1.02 bits per heavy atom. The first-order valence-electron chi connectivity index (χ1n) is 16.8. The van der Waals surface area contributed by atoms with Crippen molar-refractivity contribution in [1.82, 2.24) is 0 Å². The van der Waals surface area contributed by atoms with E-state index in [1.54, 1.807) is 17.7 Å². The summed E-state index contributed by atoms with van der Waals surface area (Å²) in [6.07, 6.45) is 15.6. The molecule has 1 aliphatic heterocycles. The van der Waals surface area contributed by atoms with Gasteiger partial charge in [0.25, 0.3) is 0 Å². The molecule has 232 valence electrons. The van der Waals surface area contributed by atoms with Gasteiger partial charge in [0.1, 0.15) is 0 Å². The van der Waals surface area contributed by atoms with Gasteiger partial charge in [-0.25, -0.2) is 4.79 Å². The van der Waals surface area contributed by atoms with Gasteiger partial charge < -0.3 is 14.2 Å². The lowest BCUT2D eigenvalue weighted by Gasteiger charge is -2.41. The molecule has 1 heterocycles. The molecule has 2 aliphatic rings. The van der Waals surface area contributed by atoms with Gasteiger partial charge in [0.05, 0.1) is 41.1 Å². The lowest BCUT2D eigenvalue weighted by molar-refractivity contribution is -0.157. The number of ether oxygens (including phenoxy) is 3. The van der Waals surface area contributed by atoms with Crippen LogP contribution in [0.5, 0.6) is 0 Å². The Bertz CT molecular complexity index is 912. The van der Waals surface area contributed by atoms with Gasteiger partial charge in [-0.15, -0.1) is 0 Å². The highest BCUT2D eigenvalue weighted by Gasteiger charge is 2.38. The minimum absolute atomic E-state index is 0.183. The van der Waals surface area contributed by atoms with E-state index in [1.165, 1.54) is 57.4 Å². The second kappa shape index (κ2) is 17.0. The highest BCUT2D eigenvalue weighted by atomic mass is 28.3. The first kappa shape index (κ1) is 34.1. The second-order valence-corrected chi connectivity index (χ2v) is 19.0. The van der Waals surface area contributed by atoms with Gasteiger partial charge in [0.15, 0.2) is 0 Å². The van der Waals surface area contributed by atoms with E-state index in [4.69, 9.17) is 14.2 Å². The molecule has 2 fully saturated rings. The predicted octanol–water partition coefficient (Wildman–Crippen LogP) is 8.81. The largest absolute Gasteiger partial charge is 0.462 e. The minimum atomic E-state index is -1.56. The molecule has 0 amide bonds. The Labute approximate surface area is 253 Å². The summed E-state index contributed by atoms with van der Waals surface area (Å²) in [5.74, 6) is 1.63. The van der Waals surface area contributed by atoms with Crippen LogP contribution in [0.2, 0.25) is 19.1 Å². The van der Waals surface area contributed by atoms with E-state index in [9.17, 15) is 4.79 Å². The van der Waals surface area contributed by atoms with Gasteiger partial charge in [-0.05, 0) is 62.8 Å². The molecule has 41 heavy (non-hydrogen) atoms. The van der Waals surface area contributed by atoms with Crippen LogP contribution < -0.4 is 5.19 Å². The lowest BCUT2D eigenvalue weighted by atomic mass is 9.77. The maximum absolute atomic E-state index is 12.1. The van der Waals surface area contributed by atoms with Crippen LogP contribution in [0.25, 0.3) is 0 Å². The molecule has 0 spiro atoms. The third kappa shape index (κ3) is 11.0. The summed E-state index contributed by atoms with van der Waals surface area (Å²) in [6.45, 7) is 18.3. The Morgan fingerprint density at radius 2 is 1.73 bits per heavy atom. The maximum Gasteiger partial charge on any atom is 0.333 e. The molecule has 1 aromatic carbocycles. The quantitative estimate of drug-likeness (QED) is 0.0705. The standard InChI is InChI=1S/C36H60O4Si/c1-7-9-10-12-30-14-16-32(17-15-30)33-18-20-34(21-19-33)41(5,6)23-11-13-31(25-40-35(37)29(3)4)24-38-26-36(22-8-2)27-39-28-36/h18-21,30-32H,3,7-17,22-28H2,1-2,4-6H3. The fourth-order valence-electron chi connectivity index (χ4n) is 6.85. The van der Waals surface area contributed by atoms with E-state index in [0.717, 1.165) is 57.3 Å². The zero-order valence-corrected chi connectivity index (χ0v) is 28.1. The minimum Gasteiger partial charge on any atom is -0.462 e. The van der Waals surface area contributed by atoms with E-state index < -0.39 is 8.07 Å².